The third-order valence-corrected chi connectivity index (χ3v) is 4.25. The van der Waals surface area contributed by atoms with Crippen LogP contribution in [0.15, 0.2) is 10.9 Å². The standard InChI is InChI=1S/C13H23N3S/c1-10(2)16-6-4-12(5-7-16)15-11(3)13-8-17-9-14-13/h8-12,15H,4-7H2,1-3H3. The third-order valence-electron chi connectivity index (χ3n) is 3.64. The van der Waals surface area contributed by atoms with Crippen LogP contribution in [0.5, 0.6) is 0 Å². The molecule has 1 aromatic heterocycles. The van der Waals surface area contributed by atoms with Crippen LogP contribution in [0.1, 0.15) is 45.3 Å². The molecule has 1 aromatic rings. The van der Waals surface area contributed by atoms with Gasteiger partial charge in [-0.25, -0.2) is 4.98 Å². The van der Waals surface area contributed by atoms with Gasteiger partial charge in [-0.05, 0) is 46.7 Å². The van der Waals surface area contributed by atoms with E-state index in [0.717, 1.165) is 0 Å². The molecule has 0 bridgehead atoms. The molecule has 1 aliphatic rings. The molecular formula is C13H23N3S. The highest BCUT2D eigenvalue weighted by Crippen LogP contribution is 2.18. The van der Waals surface area contributed by atoms with Crippen molar-refractivity contribution in [3.63, 3.8) is 0 Å². The van der Waals surface area contributed by atoms with Gasteiger partial charge in [-0.3, -0.25) is 0 Å². The highest BCUT2D eigenvalue weighted by Gasteiger charge is 2.22. The summed E-state index contributed by atoms with van der Waals surface area (Å²) in [5, 5.41) is 5.84. The Bertz CT molecular complexity index is 315. The minimum atomic E-state index is 0.386. The maximum atomic E-state index is 4.37. The van der Waals surface area contributed by atoms with E-state index in [-0.39, 0.29) is 0 Å². The van der Waals surface area contributed by atoms with Gasteiger partial charge in [-0.15, -0.1) is 11.3 Å². The van der Waals surface area contributed by atoms with Crippen molar-refractivity contribution < 1.29 is 0 Å². The lowest BCUT2D eigenvalue weighted by Crippen LogP contribution is -2.45. The van der Waals surface area contributed by atoms with E-state index < -0.39 is 0 Å². The number of aromatic nitrogens is 1. The molecule has 1 unspecified atom stereocenters. The molecule has 4 heteroatoms. The number of likely N-dealkylation sites (tertiary alicyclic amines) is 1. The first-order chi connectivity index (χ1) is 8.16. The Balaban J connectivity index is 1.78. The summed E-state index contributed by atoms with van der Waals surface area (Å²) in [6, 6.07) is 1.73. The fourth-order valence-corrected chi connectivity index (χ4v) is 3.11. The summed E-state index contributed by atoms with van der Waals surface area (Å²) in [5.74, 6) is 0. The van der Waals surface area contributed by atoms with Crippen LogP contribution in [0.2, 0.25) is 0 Å². The molecule has 1 atom stereocenters. The monoisotopic (exact) mass is 253 g/mol. The molecular weight excluding hydrogens is 230 g/mol. The predicted octanol–water partition coefficient (Wildman–Crippen LogP) is 2.67. The van der Waals surface area contributed by atoms with E-state index in [1.165, 1.54) is 31.6 Å². The van der Waals surface area contributed by atoms with Gasteiger partial charge < -0.3 is 10.2 Å². The van der Waals surface area contributed by atoms with E-state index in [9.17, 15) is 0 Å². The molecule has 17 heavy (non-hydrogen) atoms. The van der Waals surface area contributed by atoms with Crippen molar-refractivity contribution in [2.24, 2.45) is 0 Å². The summed E-state index contributed by atoms with van der Waals surface area (Å²) < 4.78 is 0. The smallest absolute Gasteiger partial charge is 0.0795 e. The van der Waals surface area contributed by atoms with Gasteiger partial charge in [0.25, 0.3) is 0 Å². The molecule has 2 rings (SSSR count). The number of thiazole rings is 1. The normalized spacial score (nSPS) is 20.9. The molecule has 96 valence electrons. The molecule has 0 aliphatic carbocycles. The maximum absolute atomic E-state index is 4.37. The minimum Gasteiger partial charge on any atom is -0.306 e. The zero-order valence-corrected chi connectivity index (χ0v) is 11.8. The van der Waals surface area contributed by atoms with Gasteiger partial charge >= 0.3 is 0 Å². The first kappa shape index (κ1) is 13.0. The Kier molecular flexibility index (Phi) is 4.54. The molecule has 1 saturated heterocycles. The molecule has 0 saturated carbocycles. The molecule has 0 amide bonds. The van der Waals surface area contributed by atoms with Crippen LogP contribution in [0.4, 0.5) is 0 Å². The van der Waals surface area contributed by atoms with Crippen molar-refractivity contribution >= 4 is 11.3 Å². The molecule has 2 heterocycles. The van der Waals surface area contributed by atoms with Crippen molar-refractivity contribution in [1.82, 2.24) is 15.2 Å². The Morgan fingerprint density at radius 2 is 2.06 bits per heavy atom. The van der Waals surface area contributed by atoms with Gasteiger partial charge in [-0.2, -0.15) is 0 Å². The van der Waals surface area contributed by atoms with Gasteiger partial charge in [0.1, 0.15) is 0 Å². The summed E-state index contributed by atoms with van der Waals surface area (Å²) in [4.78, 5) is 6.93. The molecule has 1 N–H and O–H groups in total. The number of hydrogen-bond acceptors (Lipinski definition) is 4. The van der Waals surface area contributed by atoms with Crippen LogP contribution in [0.3, 0.4) is 0 Å². The van der Waals surface area contributed by atoms with E-state index in [1.807, 2.05) is 5.51 Å². The second-order valence-electron chi connectivity index (χ2n) is 5.21. The van der Waals surface area contributed by atoms with E-state index in [4.69, 9.17) is 0 Å². The van der Waals surface area contributed by atoms with Gasteiger partial charge in [0.05, 0.1) is 11.2 Å². The number of hydrogen-bond donors (Lipinski definition) is 1. The van der Waals surface area contributed by atoms with Crippen LogP contribution in [-0.4, -0.2) is 35.1 Å². The van der Waals surface area contributed by atoms with Crippen molar-refractivity contribution in [1.29, 1.82) is 0 Å². The molecule has 3 nitrogen and oxygen atoms in total. The summed E-state index contributed by atoms with van der Waals surface area (Å²) in [5.41, 5.74) is 3.09. The molecule has 1 fully saturated rings. The van der Waals surface area contributed by atoms with Crippen molar-refractivity contribution in [2.45, 2.75) is 51.7 Å². The summed E-state index contributed by atoms with van der Waals surface area (Å²) in [6.07, 6.45) is 2.51. The van der Waals surface area contributed by atoms with Gasteiger partial charge in [0, 0.05) is 23.5 Å². The first-order valence-corrected chi connectivity index (χ1v) is 7.49. The first-order valence-electron chi connectivity index (χ1n) is 6.55. The Morgan fingerprint density at radius 3 is 2.59 bits per heavy atom. The van der Waals surface area contributed by atoms with E-state index >= 15 is 0 Å². The topological polar surface area (TPSA) is 28.2 Å². The Labute approximate surface area is 108 Å². The van der Waals surface area contributed by atoms with Crippen LogP contribution >= 0.6 is 11.3 Å². The van der Waals surface area contributed by atoms with Crippen LogP contribution in [-0.2, 0) is 0 Å². The summed E-state index contributed by atoms with van der Waals surface area (Å²) in [7, 11) is 0. The minimum absolute atomic E-state index is 0.386. The van der Waals surface area contributed by atoms with Crippen LogP contribution < -0.4 is 5.32 Å². The van der Waals surface area contributed by atoms with E-state index in [0.29, 0.717) is 18.1 Å². The highest BCUT2D eigenvalue weighted by molar-refractivity contribution is 7.07. The average molecular weight is 253 g/mol. The summed E-state index contributed by atoms with van der Waals surface area (Å²) >= 11 is 1.67. The second-order valence-corrected chi connectivity index (χ2v) is 5.92. The number of rotatable bonds is 4. The largest absolute Gasteiger partial charge is 0.306 e. The Morgan fingerprint density at radius 1 is 1.35 bits per heavy atom. The van der Waals surface area contributed by atoms with Crippen LogP contribution in [0.25, 0.3) is 0 Å². The SMILES string of the molecule is CC(NC1CCN(C(C)C)CC1)c1cscn1. The fraction of sp³-hybridized carbons (Fsp3) is 0.769. The number of nitrogens with one attached hydrogen (secondary N) is 1. The lowest BCUT2D eigenvalue weighted by molar-refractivity contribution is 0.157. The maximum Gasteiger partial charge on any atom is 0.0795 e. The van der Waals surface area contributed by atoms with Gasteiger partial charge in [0.2, 0.25) is 0 Å². The zero-order chi connectivity index (χ0) is 12.3. The Hall–Kier alpha value is -0.450. The molecule has 1 aliphatic heterocycles. The van der Waals surface area contributed by atoms with Crippen molar-refractivity contribution in [3.8, 4) is 0 Å². The average Bonchev–Trinajstić information content (AvgIpc) is 2.83. The van der Waals surface area contributed by atoms with Crippen LogP contribution in [0, 0.1) is 0 Å². The lowest BCUT2D eigenvalue weighted by Gasteiger charge is -2.35. The molecule has 0 aromatic carbocycles. The van der Waals surface area contributed by atoms with Gasteiger partial charge in [-0.1, -0.05) is 0 Å². The molecule has 0 spiro atoms. The third kappa shape index (κ3) is 3.50. The predicted molar refractivity (Wildman–Crippen MR) is 73.4 cm³/mol. The van der Waals surface area contributed by atoms with Gasteiger partial charge in [0.15, 0.2) is 0 Å². The fourth-order valence-electron chi connectivity index (χ4n) is 2.46. The van der Waals surface area contributed by atoms with E-state index in [2.05, 4.69) is 41.4 Å². The van der Waals surface area contributed by atoms with E-state index in [1.54, 1.807) is 11.3 Å². The lowest BCUT2D eigenvalue weighted by atomic mass is 10.0. The highest BCUT2D eigenvalue weighted by atomic mass is 32.1. The summed E-state index contributed by atoms with van der Waals surface area (Å²) in [6.45, 7) is 9.22. The zero-order valence-electron chi connectivity index (χ0n) is 11.0. The number of piperidine rings is 1. The second kappa shape index (κ2) is 5.94. The number of nitrogens with zero attached hydrogens (tertiary/aromatic N) is 2. The van der Waals surface area contributed by atoms with Crippen molar-refractivity contribution in [3.05, 3.63) is 16.6 Å². The molecule has 0 radical (unpaired) electrons. The van der Waals surface area contributed by atoms with Crippen molar-refractivity contribution in [2.75, 3.05) is 13.1 Å². The quantitative estimate of drug-likeness (QED) is 0.894.